The van der Waals surface area contributed by atoms with E-state index in [0.29, 0.717) is 0 Å². The maximum Gasteiger partial charge on any atom is 0.181 e. The van der Waals surface area contributed by atoms with Crippen molar-refractivity contribution in [2.75, 3.05) is 13.2 Å². The van der Waals surface area contributed by atoms with Crippen molar-refractivity contribution in [2.45, 2.75) is 136 Å². The van der Waals surface area contributed by atoms with E-state index >= 15 is 0 Å². The molecule has 3 aromatic rings. The molecule has 0 heterocycles. The van der Waals surface area contributed by atoms with Crippen LogP contribution in [0.2, 0.25) is 0 Å². The van der Waals surface area contributed by atoms with Crippen molar-refractivity contribution in [3.05, 3.63) is 103 Å². The molecule has 47 heavy (non-hydrogen) atoms. The van der Waals surface area contributed by atoms with Gasteiger partial charge in [0.25, 0.3) is 0 Å². The molecule has 0 aliphatic rings. The van der Waals surface area contributed by atoms with E-state index in [4.69, 9.17) is 9.47 Å². The minimum atomic E-state index is -1.84. The van der Waals surface area contributed by atoms with Crippen LogP contribution in [0.4, 0.5) is 0 Å². The first kappa shape index (κ1) is 39.7. The molecule has 2 nitrogen and oxygen atoms in total. The molecule has 0 aliphatic carbocycles. The molecule has 0 aliphatic heterocycles. The van der Waals surface area contributed by atoms with Gasteiger partial charge in [-0.05, 0) is 99.7 Å². The minimum absolute atomic E-state index is 0.0125. The number of halogens is 1. The lowest BCUT2D eigenvalue weighted by molar-refractivity contribution is -0.148. The van der Waals surface area contributed by atoms with Gasteiger partial charge in [0.15, 0.2) is 27.7 Å². The van der Waals surface area contributed by atoms with Crippen molar-refractivity contribution < 1.29 is 9.47 Å². The van der Waals surface area contributed by atoms with E-state index in [9.17, 15) is 0 Å². The van der Waals surface area contributed by atoms with Crippen LogP contribution in [0.1, 0.15) is 129 Å². The number of hydrogen-bond donors (Lipinski definition) is 0. The fraction of sp³-hybridized carbons (Fsp3) is 0.535. The maximum absolute atomic E-state index is 6.19. The summed E-state index contributed by atoms with van der Waals surface area (Å²) in [5.74, 6) is -1.84. The third-order valence-corrected chi connectivity index (χ3v) is 15.6. The van der Waals surface area contributed by atoms with Gasteiger partial charge in [0.05, 0.1) is 0 Å². The molecular weight excluding hydrogens is 659 g/mol. The molecule has 0 unspecified atom stereocenters. The fourth-order valence-corrected chi connectivity index (χ4v) is 10.8. The lowest BCUT2D eigenvalue weighted by atomic mass is 10.1. The normalized spacial score (nSPS) is 12.0. The van der Waals surface area contributed by atoms with Crippen LogP contribution in [0.15, 0.2) is 97.1 Å². The molecule has 3 rings (SSSR count). The number of unbranched alkanes of at least 4 members (excludes halogenated alkanes) is 12. The molecule has 0 saturated heterocycles. The Morgan fingerprint density at radius 2 is 1.00 bits per heavy atom. The molecule has 258 valence electrons. The first-order valence-electron chi connectivity index (χ1n) is 18.9. The van der Waals surface area contributed by atoms with E-state index in [1.807, 2.05) is 0 Å². The first-order valence-corrected chi connectivity index (χ1v) is 22.7. The fourth-order valence-electron chi connectivity index (χ4n) is 6.05. The maximum atomic E-state index is 6.19. The van der Waals surface area contributed by atoms with E-state index in [0.717, 1.165) is 45.3 Å². The van der Waals surface area contributed by atoms with Gasteiger partial charge in [-0.25, -0.2) is 0 Å². The lowest BCUT2D eigenvalue weighted by Crippen LogP contribution is -2.26. The van der Waals surface area contributed by atoms with Gasteiger partial charge in [0.2, 0.25) is 0 Å². The van der Waals surface area contributed by atoms with Crippen LogP contribution in [0.3, 0.4) is 0 Å². The van der Waals surface area contributed by atoms with E-state index < -0.39 is 5.96 Å². The van der Waals surface area contributed by atoms with Crippen molar-refractivity contribution in [1.82, 2.24) is 0 Å². The zero-order chi connectivity index (χ0) is 33.3. The van der Waals surface area contributed by atoms with Crippen molar-refractivity contribution >= 4 is 37.4 Å². The van der Waals surface area contributed by atoms with Crippen LogP contribution in [-0.2, 0) is 15.9 Å². The van der Waals surface area contributed by atoms with E-state index in [1.165, 1.54) is 105 Å². The molecule has 0 saturated carbocycles. The molecule has 0 amide bonds. The molecular formula is C43H63BrO2P+. The topological polar surface area (TPSA) is 18.5 Å². The average Bonchev–Trinajstić information content (AvgIpc) is 3.12. The summed E-state index contributed by atoms with van der Waals surface area (Å²) < 4.78 is 12.4. The smallest absolute Gasteiger partial charge is 0.181 e. The van der Waals surface area contributed by atoms with Gasteiger partial charge in [0, 0.05) is 13.2 Å². The SMILES string of the molecule is CCCCCCCOC(CCCCC/C=C/CCCc1ccc([P+](Br)(c2ccccc2)c2ccccc2)cc1)OCCCCCCC. The highest BCUT2D eigenvalue weighted by Crippen LogP contribution is 2.62. The highest BCUT2D eigenvalue weighted by atomic mass is 79.9. The molecule has 3 aromatic carbocycles. The molecule has 0 aromatic heterocycles. The Bertz CT molecular complexity index is 1130. The Morgan fingerprint density at radius 1 is 0.532 bits per heavy atom. The molecule has 0 fully saturated rings. The second kappa shape index (κ2) is 25.2. The van der Waals surface area contributed by atoms with Gasteiger partial charge in [-0.2, -0.15) is 0 Å². The standard InChI is InChI=1S/C43H63BrO2P/c1-3-5-7-15-25-37-45-43(46-38-26-16-8-6-4-2)32-24-14-12-10-9-11-13-19-27-39-33-35-42(36-34-39)47(44,40-28-20-17-21-29-40)41-30-22-18-23-31-41/h9,11,17-18,20-23,28-31,33-36,43H,3-8,10,12-16,19,24-27,32,37-38H2,1-2H3/q+1/b11-9+. The molecule has 0 atom stereocenters. The third-order valence-electron chi connectivity index (χ3n) is 8.93. The van der Waals surface area contributed by atoms with Crippen molar-refractivity contribution in [3.8, 4) is 0 Å². The van der Waals surface area contributed by atoms with Gasteiger partial charge >= 0.3 is 0 Å². The average molecular weight is 723 g/mol. The molecule has 0 N–H and O–H groups in total. The summed E-state index contributed by atoms with van der Waals surface area (Å²) in [7, 11) is 0. The highest BCUT2D eigenvalue weighted by molar-refractivity contribution is 9.44. The molecule has 4 heteroatoms. The van der Waals surface area contributed by atoms with Crippen molar-refractivity contribution in [3.63, 3.8) is 0 Å². The van der Waals surface area contributed by atoms with E-state index in [1.54, 1.807) is 0 Å². The van der Waals surface area contributed by atoms with Gasteiger partial charge in [0.1, 0.15) is 15.9 Å². The monoisotopic (exact) mass is 721 g/mol. The second-order valence-corrected chi connectivity index (χ2v) is 18.8. The van der Waals surface area contributed by atoms with E-state index in [2.05, 4.69) is 126 Å². The third kappa shape index (κ3) is 15.5. The Morgan fingerprint density at radius 3 is 1.53 bits per heavy atom. The summed E-state index contributed by atoms with van der Waals surface area (Å²) in [5, 5.41) is 4.08. The van der Waals surface area contributed by atoms with Crippen LogP contribution >= 0.6 is 21.5 Å². The number of ether oxygens (including phenoxy) is 2. The van der Waals surface area contributed by atoms with Crippen molar-refractivity contribution in [1.29, 1.82) is 0 Å². The van der Waals surface area contributed by atoms with Gasteiger partial charge in [-0.15, -0.1) is 0 Å². The molecule has 0 bridgehead atoms. The van der Waals surface area contributed by atoms with E-state index in [-0.39, 0.29) is 6.29 Å². The molecule has 0 spiro atoms. The molecule has 0 radical (unpaired) electrons. The summed E-state index contributed by atoms with van der Waals surface area (Å²) in [6.45, 7) is 6.23. The van der Waals surface area contributed by atoms with Gasteiger partial charge < -0.3 is 9.47 Å². The van der Waals surface area contributed by atoms with Crippen LogP contribution in [0.25, 0.3) is 0 Å². The van der Waals surface area contributed by atoms with Gasteiger partial charge in [-0.1, -0.05) is 132 Å². The number of aryl methyl sites for hydroxylation is 1. The second-order valence-electron chi connectivity index (χ2n) is 12.9. The summed E-state index contributed by atoms with van der Waals surface area (Å²) in [6, 6.07) is 31.1. The van der Waals surface area contributed by atoms with Crippen LogP contribution in [0.5, 0.6) is 0 Å². The lowest BCUT2D eigenvalue weighted by Gasteiger charge is -2.20. The van der Waals surface area contributed by atoms with Gasteiger partial charge in [-0.3, -0.25) is 0 Å². The summed E-state index contributed by atoms with van der Waals surface area (Å²) >= 11 is 4.27. The highest BCUT2D eigenvalue weighted by Gasteiger charge is 2.43. The first-order chi connectivity index (χ1) is 23.2. The number of benzene rings is 3. The predicted molar refractivity (Wildman–Crippen MR) is 212 cm³/mol. The van der Waals surface area contributed by atoms with Crippen LogP contribution in [0, 0.1) is 0 Å². The summed E-state index contributed by atoms with van der Waals surface area (Å²) in [5.41, 5.74) is 1.42. The number of hydrogen-bond acceptors (Lipinski definition) is 2. The Hall–Kier alpha value is -1.77. The largest absolute Gasteiger partial charge is 0.353 e. The van der Waals surface area contributed by atoms with Crippen LogP contribution in [-0.4, -0.2) is 19.5 Å². The van der Waals surface area contributed by atoms with Crippen molar-refractivity contribution in [2.24, 2.45) is 0 Å². The minimum Gasteiger partial charge on any atom is -0.353 e. The quantitative estimate of drug-likeness (QED) is 0.0338. The zero-order valence-corrected chi connectivity index (χ0v) is 32.1. The summed E-state index contributed by atoms with van der Waals surface area (Å²) in [6.07, 6.45) is 26.9. The zero-order valence-electron chi connectivity index (χ0n) is 29.6. The summed E-state index contributed by atoms with van der Waals surface area (Å²) in [4.78, 5) is 0. The number of allylic oxidation sites excluding steroid dienone is 2. The predicted octanol–water partition coefficient (Wildman–Crippen LogP) is 12.4. The Kier molecular flexibility index (Phi) is 21.3. The Labute approximate surface area is 297 Å². The number of rotatable bonds is 27. The van der Waals surface area contributed by atoms with Crippen LogP contribution < -0.4 is 15.9 Å². The Balaban J connectivity index is 1.33.